The number of esters is 2. The number of piperazine rings is 1. The van der Waals surface area contributed by atoms with Crippen LogP contribution in [0, 0.1) is 13.8 Å². The Morgan fingerprint density at radius 2 is 1.78 bits per heavy atom. The summed E-state index contributed by atoms with van der Waals surface area (Å²) in [5.74, 6) is 1.32. The summed E-state index contributed by atoms with van der Waals surface area (Å²) in [4.78, 5) is 31.8. The summed E-state index contributed by atoms with van der Waals surface area (Å²) in [5.41, 5.74) is 4.88. The van der Waals surface area contributed by atoms with Gasteiger partial charge in [-0.15, -0.1) is 0 Å². The van der Waals surface area contributed by atoms with Crippen molar-refractivity contribution in [3.05, 3.63) is 62.7 Å². The van der Waals surface area contributed by atoms with Gasteiger partial charge in [-0.25, -0.2) is 0 Å². The van der Waals surface area contributed by atoms with Crippen molar-refractivity contribution < 1.29 is 53.3 Å². The van der Waals surface area contributed by atoms with Gasteiger partial charge >= 0.3 is 11.9 Å². The number of rotatable bonds is 3. The molecule has 7 aliphatic rings. The Hall–Kier alpha value is -4.37. The Morgan fingerprint density at radius 1 is 1.00 bits per heavy atom. The molecule has 1 spiro atoms. The van der Waals surface area contributed by atoms with Crippen LogP contribution >= 0.6 is 11.8 Å². The minimum Gasteiger partial charge on any atom is -0.504 e. The number of fused-ring (bicyclic) bond motifs is 9. The molecule has 13 nitrogen and oxygen atoms in total. The SMILES string of the molecule is COc1cc2c(cc1O)CCC[C@]21CS[C@@H]2c3c(OC(C)=O)c(C)c4c(c3[C@H](COC1=O)N1C2[C@H]2c3c(cc(C)c(OC)c3O)C[C@@H]([C@@H]1O)N2C)OCO4. The molecule has 14 heteroatoms. The van der Waals surface area contributed by atoms with Gasteiger partial charge < -0.3 is 43.7 Å². The summed E-state index contributed by atoms with van der Waals surface area (Å²) in [6, 6.07) is 3.34. The zero-order chi connectivity index (χ0) is 38.0. The number of carbonyl (C=O) groups is 2. The van der Waals surface area contributed by atoms with E-state index in [0.717, 1.165) is 22.3 Å². The van der Waals surface area contributed by atoms with Gasteiger partial charge in [0.2, 0.25) is 6.79 Å². The number of nitrogens with zero attached hydrogens (tertiary/aromatic N) is 2. The van der Waals surface area contributed by atoms with Crippen molar-refractivity contribution >= 4 is 23.7 Å². The highest BCUT2D eigenvalue weighted by Gasteiger charge is 2.61. The standard InChI is InChI=1S/C40H44N2O11S/c1-17-10-21-11-23-38(46)42-24-14-50-39(47)40(9-7-8-20-12-25(44)26(48-5)13-22(20)40)15-54-37(31(42)30(41(23)4)27(21)32(45)33(17)49-6)29-28(24)36-35(51-16-52-36)18(2)34(29)53-19(3)43/h10,12-13,23-24,30-31,37-38,44-46H,7-9,11,14-16H2,1-6H3/t23-,24-,30+,31?,37+,38-,40-/m0/s1. The highest BCUT2D eigenvalue weighted by molar-refractivity contribution is 7.99. The lowest BCUT2D eigenvalue weighted by atomic mass is 9.70. The highest BCUT2D eigenvalue weighted by atomic mass is 32.2. The molecule has 4 bridgehead atoms. The molecule has 0 saturated carbocycles. The van der Waals surface area contributed by atoms with E-state index in [1.807, 2.05) is 31.9 Å². The Labute approximate surface area is 317 Å². The number of likely N-dealkylation sites (N-methyl/N-ethyl adjacent to an activating group) is 1. The van der Waals surface area contributed by atoms with Gasteiger partial charge in [0.05, 0.1) is 37.6 Å². The van der Waals surface area contributed by atoms with Crippen molar-refractivity contribution in [2.45, 2.75) is 87.5 Å². The molecule has 6 aliphatic heterocycles. The average molecular weight is 761 g/mol. The molecule has 2 fully saturated rings. The third-order valence-corrected chi connectivity index (χ3v) is 14.2. The van der Waals surface area contributed by atoms with E-state index in [0.29, 0.717) is 70.9 Å². The maximum absolute atomic E-state index is 14.7. The summed E-state index contributed by atoms with van der Waals surface area (Å²) in [7, 11) is 4.99. The molecule has 1 aliphatic carbocycles. The Kier molecular flexibility index (Phi) is 8.24. The molecule has 1 unspecified atom stereocenters. The van der Waals surface area contributed by atoms with Crippen LogP contribution in [-0.4, -0.2) is 95.8 Å². The Morgan fingerprint density at radius 3 is 2.52 bits per heavy atom. The zero-order valence-electron chi connectivity index (χ0n) is 31.1. The second-order valence-electron chi connectivity index (χ2n) is 15.3. The molecule has 286 valence electrons. The van der Waals surface area contributed by atoms with Gasteiger partial charge in [-0.1, -0.05) is 6.07 Å². The number of phenols is 2. The van der Waals surface area contributed by atoms with Crippen molar-refractivity contribution in [3.8, 4) is 40.2 Å². The predicted molar refractivity (Wildman–Crippen MR) is 196 cm³/mol. The van der Waals surface area contributed by atoms with Crippen molar-refractivity contribution in [1.29, 1.82) is 0 Å². The summed E-state index contributed by atoms with van der Waals surface area (Å²) in [6.07, 6.45) is 1.30. The number of aliphatic hydroxyl groups is 1. The molecule has 3 aromatic carbocycles. The van der Waals surface area contributed by atoms with E-state index in [1.165, 1.54) is 25.8 Å². The van der Waals surface area contributed by atoms with Crippen LogP contribution < -0.4 is 23.7 Å². The van der Waals surface area contributed by atoms with E-state index < -0.39 is 47.0 Å². The zero-order valence-corrected chi connectivity index (χ0v) is 31.9. The average Bonchev–Trinajstić information content (AvgIpc) is 3.63. The maximum Gasteiger partial charge on any atom is 0.317 e. The van der Waals surface area contributed by atoms with Gasteiger partial charge in [-0.2, -0.15) is 11.8 Å². The number of phenolic OH excluding ortho intramolecular Hbond substituents is 2. The Balaban J connectivity index is 1.32. The first-order valence-electron chi connectivity index (χ1n) is 18.3. The predicted octanol–water partition coefficient (Wildman–Crippen LogP) is 4.65. The first-order valence-corrected chi connectivity index (χ1v) is 19.4. The molecule has 10 rings (SSSR count). The topological polar surface area (TPSA) is 157 Å². The largest absolute Gasteiger partial charge is 0.504 e. The number of methoxy groups -OCH3 is 2. The summed E-state index contributed by atoms with van der Waals surface area (Å²) >= 11 is 1.53. The summed E-state index contributed by atoms with van der Waals surface area (Å²) in [6.45, 7) is 4.89. The van der Waals surface area contributed by atoms with Gasteiger partial charge in [-0.05, 0) is 81.0 Å². The number of benzene rings is 3. The van der Waals surface area contributed by atoms with Crippen LogP contribution in [0.1, 0.15) is 81.6 Å². The van der Waals surface area contributed by atoms with E-state index in [1.54, 1.807) is 19.2 Å². The summed E-state index contributed by atoms with van der Waals surface area (Å²) in [5, 5.41) is 34.8. The molecule has 7 atom stereocenters. The van der Waals surface area contributed by atoms with Crippen molar-refractivity contribution in [2.24, 2.45) is 0 Å². The van der Waals surface area contributed by atoms with Crippen LogP contribution in [0.5, 0.6) is 40.2 Å². The monoisotopic (exact) mass is 760 g/mol. The Bertz CT molecular complexity index is 2120. The maximum atomic E-state index is 14.7. The minimum atomic E-state index is -1.11. The fourth-order valence-corrected chi connectivity index (χ4v) is 12.1. The number of aromatic hydroxyl groups is 2. The molecule has 3 aromatic rings. The lowest BCUT2D eigenvalue weighted by molar-refractivity contribution is -0.186. The summed E-state index contributed by atoms with van der Waals surface area (Å²) < 4.78 is 36.1. The molecular weight excluding hydrogens is 717 g/mol. The van der Waals surface area contributed by atoms with Crippen molar-refractivity contribution in [2.75, 3.05) is 40.4 Å². The van der Waals surface area contributed by atoms with Gasteiger partial charge in [0.15, 0.2) is 34.5 Å². The van der Waals surface area contributed by atoms with Crippen LogP contribution in [0.15, 0.2) is 18.2 Å². The number of aryl methyl sites for hydroxylation is 2. The fraction of sp³-hybridized carbons (Fsp3) is 0.500. The van der Waals surface area contributed by atoms with E-state index >= 15 is 0 Å². The van der Waals surface area contributed by atoms with Gasteiger partial charge in [-0.3, -0.25) is 19.4 Å². The van der Waals surface area contributed by atoms with E-state index in [4.69, 9.17) is 28.4 Å². The highest BCUT2D eigenvalue weighted by Crippen LogP contribution is 2.65. The fourth-order valence-electron chi connectivity index (χ4n) is 10.3. The van der Waals surface area contributed by atoms with Crippen LogP contribution in [0.4, 0.5) is 0 Å². The third-order valence-electron chi connectivity index (χ3n) is 12.6. The van der Waals surface area contributed by atoms with Gasteiger partial charge in [0.25, 0.3) is 0 Å². The van der Waals surface area contributed by atoms with E-state index in [9.17, 15) is 24.9 Å². The molecule has 0 amide bonds. The normalized spacial score (nSPS) is 29.4. The quantitative estimate of drug-likeness (QED) is 0.251. The number of thioether (sulfide) groups is 1. The van der Waals surface area contributed by atoms with Gasteiger partial charge in [0.1, 0.15) is 24.0 Å². The number of carbonyl (C=O) groups excluding carboxylic acids is 2. The molecule has 2 saturated heterocycles. The smallest absolute Gasteiger partial charge is 0.317 e. The second kappa shape index (κ2) is 12.6. The van der Waals surface area contributed by atoms with E-state index in [-0.39, 0.29) is 42.4 Å². The van der Waals surface area contributed by atoms with Crippen molar-refractivity contribution in [3.63, 3.8) is 0 Å². The lowest BCUT2D eigenvalue weighted by Crippen LogP contribution is -2.69. The molecule has 0 radical (unpaired) electrons. The minimum absolute atomic E-state index is 0.00519. The van der Waals surface area contributed by atoms with Crippen LogP contribution in [0.25, 0.3) is 0 Å². The lowest BCUT2D eigenvalue weighted by Gasteiger charge is -2.62. The van der Waals surface area contributed by atoms with Gasteiger partial charge in [0, 0.05) is 41.0 Å². The number of hydrogen-bond donors (Lipinski definition) is 3. The molecule has 0 aromatic heterocycles. The number of hydrogen-bond acceptors (Lipinski definition) is 14. The molecule has 6 heterocycles. The first kappa shape index (κ1) is 35.3. The molecule has 54 heavy (non-hydrogen) atoms. The van der Waals surface area contributed by atoms with Crippen molar-refractivity contribution in [1.82, 2.24) is 9.80 Å². The van der Waals surface area contributed by atoms with Crippen LogP contribution in [0.2, 0.25) is 0 Å². The molecular formula is C40H44N2O11S. The first-order chi connectivity index (χ1) is 25.9. The van der Waals surface area contributed by atoms with Crippen LogP contribution in [0.3, 0.4) is 0 Å². The van der Waals surface area contributed by atoms with Crippen LogP contribution in [-0.2, 0) is 32.6 Å². The van der Waals surface area contributed by atoms with E-state index in [2.05, 4.69) is 4.90 Å². The third kappa shape index (κ3) is 4.75. The number of ether oxygens (including phenoxy) is 6. The number of aliphatic hydroxyl groups excluding tert-OH is 1. The second-order valence-corrected chi connectivity index (χ2v) is 16.4. The molecule has 3 N–H and O–H groups in total.